The van der Waals surface area contributed by atoms with Crippen LogP contribution in [0.4, 0.5) is 0 Å². The summed E-state index contributed by atoms with van der Waals surface area (Å²) in [6, 6.07) is 0. The van der Waals surface area contributed by atoms with Gasteiger partial charge in [0.2, 0.25) is 0 Å². The fraction of sp³-hybridized carbons (Fsp3) is 0.333. The van der Waals surface area contributed by atoms with Crippen molar-refractivity contribution in [2.75, 3.05) is 0 Å². The third-order valence-electron chi connectivity index (χ3n) is 2.01. The van der Waals surface area contributed by atoms with Gasteiger partial charge in [0.25, 0.3) is 0 Å². The number of hydrogen-bond donors (Lipinski definition) is 1. The van der Waals surface area contributed by atoms with Gasteiger partial charge in [-0.2, -0.15) is 15.4 Å². The number of rotatable bonds is 3. The SMILES string of the molecule is CCCc1nc(-c2cn[nH]n2)nc(Cl)c1Br. The Bertz CT molecular complexity index is 485. The second-order valence-corrected chi connectivity index (χ2v) is 4.35. The predicted octanol–water partition coefficient (Wildman–Crippen LogP) is 2.63. The van der Waals surface area contributed by atoms with Crippen molar-refractivity contribution in [1.29, 1.82) is 0 Å². The molecule has 0 fully saturated rings. The summed E-state index contributed by atoms with van der Waals surface area (Å²) in [6.07, 6.45) is 3.40. The maximum Gasteiger partial charge on any atom is 0.183 e. The van der Waals surface area contributed by atoms with Crippen molar-refractivity contribution in [1.82, 2.24) is 25.4 Å². The molecule has 2 aromatic rings. The van der Waals surface area contributed by atoms with Crippen molar-refractivity contribution in [3.8, 4) is 11.5 Å². The summed E-state index contributed by atoms with van der Waals surface area (Å²) in [4.78, 5) is 8.54. The molecule has 2 heterocycles. The van der Waals surface area contributed by atoms with Gasteiger partial charge < -0.3 is 0 Å². The fourth-order valence-corrected chi connectivity index (χ4v) is 1.85. The molecular formula is C9H9BrClN5. The third kappa shape index (κ3) is 2.22. The molecule has 0 aliphatic heterocycles. The van der Waals surface area contributed by atoms with Gasteiger partial charge in [-0.3, -0.25) is 0 Å². The highest BCUT2D eigenvalue weighted by molar-refractivity contribution is 9.10. The van der Waals surface area contributed by atoms with Crippen LogP contribution >= 0.6 is 27.5 Å². The van der Waals surface area contributed by atoms with E-state index in [1.54, 1.807) is 6.20 Å². The lowest BCUT2D eigenvalue weighted by atomic mass is 10.2. The summed E-state index contributed by atoms with van der Waals surface area (Å²) < 4.78 is 0.753. The van der Waals surface area contributed by atoms with Crippen LogP contribution < -0.4 is 0 Å². The Morgan fingerprint density at radius 2 is 2.25 bits per heavy atom. The van der Waals surface area contributed by atoms with E-state index >= 15 is 0 Å². The van der Waals surface area contributed by atoms with Gasteiger partial charge in [-0.25, -0.2) is 9.97 Å². The summed E-state index contributed by atoms with van der Waals surface area (Å²) in [5, 5.41) is 10.6. The molecule has 2 rings (SSSR count). The molecule has 0 spiro atoms. The van der Waals surface area contributed by atoms with Gasteiger partial charge in [0.05, 0.1) is 16.4 Å². The van der Waals surface area contributed by atoms with Gasteiger partial charge in [0, 0.05) is 0 Å². The molecule has 0 saturated carbocycles. The number of halogens is 2. The van der Waals surface area contributed by atoms with Crippen molar-refractivity contribution in [2.45, 2.75) is 19.8 Å². The highest BCUT2D eigenvalue weighted by Gasteiger charge is 2.12. The molecule has 0 atom stereocenters. The van der Waals surface area contributed by atoms with E-state index in [4.69, 9.17) is 11.6 Å². The third-order valence-corrected chi connectivity index (χ3v) is 3.35. The maximum atomic E-state index is 6.02. The van der Waals surface area contributed by atoms with Crippen LogP contribution in [0.25, 0.3) is 11.5 Å². The minimum absolute atomic E-state index is 0.399. The Labute approximate surface area is 106 Å². The second-order valence-electron chi connectivity index (χ2n) is 3.20. The molecule has 7 heteroatoms. The van der Waals surface area contributed by atoms with Gasteiger partial charge in [0.15, 0.2) is 5.82 Å². The zero-order valence-electron chi connectivity index (χ0n) is 8.54. The monoisotopic (exact) mass is 301 g/mol. The minimum Gasteiger partial charge on any atom is -0.230 e. The van der Waals surface area contributed by atoms with E-state index in [9.17, 15) is 0 Å². The quantitative estimate of drug-likeness (QED) is 0.885. The summed E-state index contributed by atoms with van der Waals surface area (Å²) in [6.45, 7) is 2.08. The second kappa shape index (κ2) is 4.88. The molecule has 0 aromatic carbocycles. The standard InChI is InChI=1S/C9H9BrClN5/c1-2-3-5-7(10)8(11)14-9(13-5)6-4-12-16-15-6/h4H,2-3H2,1H3,(H,12,15,16). The first-order valence-electron chi connectivity index (χ1n) is 4.80. The Kier molecular flexibility index (Phi) is 3.50. The van der Waals surface area contributed by atoms with E-state index in [1.807, 2.05) is 0 Å². The highest BCUT2D eigenvalue weighted by atomic mass is 79.9. The lowest BCUT2D eigenvalue weighted by Crippen LogP contribution is -1.98. The van der Waals surface area contributed by atoms with E-state index < -0.39 is 0 Å². The Morgan fingerprint density at radius 3 is 2.88 bits per heavy atom. The van der Waals surface area contributed by atoms with Crippen molar-refractivity contribution < 1.29 is 0 Å². The Balaban J connectivity index is 2.48. The van der Waals surface area contributed by atoms with Gasteiger partial charge in [-0.1, -0.05) is 24.9 Å². The molecule has 1 N–H and O–H groups in total. The summed E-state index contributed by atoms with van der Waals surface area (Å²) >= 11 is 9.39. The van der Waals surface area contributed by atoms with Crippen LogP contribution in [0.3, 0.4) is 0 Å². The van der Waals surface area contributed by atoms with Gasteiger partial charge >= 0.3 is 0 Å². The van der Waals surface area contributed by atoms with Crippen LogP contribution in [0.1, 0.15) is 19.0 Å². The first kappa shape index (κ1) is 11.5. The number of aryl methyl sites for hydroxylation is 1. The zero-order valence-corrected chi connectivity index (χ0v) is 10.9. The van der Waals surface area contributed by atoms with Crippen LogP contribution in [0.2, 0.25) is 5.15 Å². The molecule has 16 heavy (non-hydrogen) atoms. The number of nitrogens with zero attached hydrogens (tertiary/aromatic N) is 4. The van der Waals surface area contributed by atoms with E-state index in [1.165, 1.54) is 0 Å². The predicted molar refractivity (Wildman–Crippen MR) is 64.1 cm³/mol. The molecule has 0 amide bonds. The first-order valence-corrected chi connectivity index (χ1v) is 5.97. The van der Waals surface area contributed by atoms with Gasteiger partial charge in [-0.15, -0.1) is 0 Å². The number of aromatic nitrogens is 5. The molecule has 0 radical (unpaired) electrons. The van der Waals surface area contributed by atoms with Crippen molar-refractivity contribution in [3.63, 3.8) is 0 Å². The van der Waals surface area contributed by atoms with E-state index in [-0.39, 0.29) is 0 Å². The van der Waals surface area contributed by atoms with Crippen LogP contribution in [0, 0.1) is 0 Å². The van der Waals surface area contributed by atoms with Crippen LogP contribution in [0.5, 0.6) is 0 Å². The molecule has 5 nitrogen and oxygen atoms in total. The van der Waals surface area contributed by atoms with Crippen molar-refractivity contribution in [2.24, 2.45) is 0 Å². The number of H-pyrrole nitrogens is 1. The maximum absolute atomic E-state index is 6.02. The minimum atomic E-state index is 0.399. The fourth-order valence-electron chi connectivity index (χ4n) is 1.29. The average molecular weight is 303 g/mol. The summed E-state index contributed by atoms with van der Waals surface area (Å²) in [5.41, 5.74) is 1.48. The molecular weight excluding hydrogens is 293 g/mol. The molecule has 84 valence electrons. The molecule has 0 aliphatic rings. The van der Waals surface area contributed by atoms with Crippen LogP contribution in [-0.2, 0) is 6.42 Å². The Morgan fingerprint density at radius 1 is 1.44 bits per heavy atom. The largest absolute Gasteiger partial charge is 0.230 e. The van der Waals surface area contributed by atoms with E-state index in [0.29, 0.717) is 16.7 Å². The zero-order chi connectivity index (χ0) is 11.5. The number of aromatic amines is 1. The number of nitrogens with one attached hydrogen (secondary N) is 1. The van der Waals surface area contributed by atoms with Crippen LogP contribution in [-0.4, -0.2) is 25.4 Å². The highest BCUT2D eigenvalue weighted by Crippen LogP contribution is 2.26. The molecule has 0 aliphatic carbocycles. The average Bonchev–Trinajstić information content (AvgIpc) is 2.78. The van der Waals surface area contributed by atoms with Gasteiger partial charge in [-0.05, 0) is 22.4 Å². The van der Waals surface area contributed by atoms with E-state index in [2.05, 4.69) is 48.2 Å². The normalized spacial score (nSPS) is 10.7. The lowest BCUT2D eigenvalue weighted by Gasteiger charge is -2.05. The number of hydrogen-bond acceptors (Lipinski definition) is 4. The topological polar surface area (TPSA) is 67.3 Å². The molecule has 0 saturated heterocycles. The smallest absolute Gasteiger partial charge is 0.183 e. The summed E-state index contributed by atoms with van der Waals surface area (Å²) in [5.74, 6) is 0.491. The van der Waals surface area contributed by atoms with Crippen molar-refractivity contribution >= 4 is 27.5 Å². The van der Waals surface area contributed by atoms with Crippen molar-refractivity contribution in [3.05, 3.63) is 21.5 Å². The molecule has 0 unspecified atom stereocenters. The Hall–Kier alpha value is -1.01. The molecule has 0 bridgehead atoms. The van der Waals surface area contributed by atoms with Crippen LogP contribution in [0.15, 0.2) is 10.7 Å². The van der Waals surface area contributed by atoms with E-state index in [0.717, 1.165) is 23.0 Å². The first-order chi connectivity index (χ1) is 7.72. The summed E-state index contributed by atoms with van der Waals surface area (Å²) in [7, 11) is 0. The lowest BCUT2D eigenvalue weighted by molar-refractivity contribution is 0.865. The molecule has 2 aromatic heterocycles. The van der Waals surface area contributed by atoms with Gasteiger partial charge in [0.1, 0.15) is 10.8 Å².